The zero-order valence-corrected chi connectivity index (χ0v) is 31.0. The molecule has 0 bridgehead atoms. The van der Waals surface area contributed by atoms with Gasteiger partial charge in [0.2, 0.25) is 0 Å². The number of anilines is 3. The zero-order valence-electron chi connectivity index (χ0n) is 30.2. The van der Waals surface area contributed by atoms with Crippen LogP contribution in [0.2, 0.25) is 0 Å². The molecule has 0 saturated heterocycles. The smallest absolute Gasteiger partial charge is 0.138 e. The van der Waals surface area contributed by atoms with Crippen LogP contribution in [0.15, 0.2) is 199 Å². The first kappa shape index (κ1) is 31.2. The molecule has 12 rings (SSSR count). The molecule has 0 radical (unpaired) electrons. The molecule has 3 nitrogen and oxygen atoms in total. The van der Waals surface area contributed by atoms with Gasteiger partial charge in [0, 0.05) is 76.1 Å². The van der Waals surface area contributed by atoms with Crippen molar-refractivity contribution in [2.75, 3.05) is 4.90 Å². The van der Waals surface area contributed by atoms with Gasteiger partial charge >= 0.3 is 0 Å². The second kappa shape index (κ2) is 12.2. The van der Waals surface area contributed by atoms with Gasteiger partial charge in [-0.3, -0.25) is 0 Å². The molecule has 0 atom stereocenters. The molecule has 3 heterocycles. The van der Waals surface area contributed by atoms with Gasteiger partial charge < -0.3 is 13.9 Å². The summed E-state index contributed by atoms with van der Waals surface area (Å²) in [5, 5.41) is 9.77. The summed E-state index contributed by atoms with van der Waals surface area (Å²) in [7, 11) is 0. The molecular weight excluding hydrogens is 701 g/mol. The van der Waals surface area contributed by atoms with Gasteiger partial charge in [-0.1, -0.05) is 115 Å². The number of furan rings is 1. The first-order valence-electron chi connectivity index (χ1n) is 19.0. The Hall–Kier alpha value is -7.14. The summed E-state index contributed by atoms with van der Waals surface area (Å²) in [6, 6.07) is 70.2. The van der Waals surface area contributed by atoms with Crippen molar-refractivity contribution in [2.45, 2.75) is 0 Å². The summed E-state index contributed by atoms with van der Waals surface area (Å²) in [5.41, 5.74) is 10.9. The van der Waals surface area contributed by atoms with Gasteiger partial charge in [-0.15, -0.1) is 11.3 Å². The third kappa shape index (κ3) is 4.70. The van der Waals surface area contributed by atoms with Gasteiger partial charge in [-0.05, 0) is 89.1 Å². The molecule has 9 aromatic carbocycles. The van der Waals surface area contributed by atoms with E-state index in [-0.39, 0.29) is 0 Å². The van der Waals surface area contributed by atoms with E-state index in [2.05, 4.69) is 204 Å². The van der Waals surface area contributed by atoms with Crippen LogP contribution < -0.4 is 4.90 Å². The van der Waals surface area contributed by atoms with E-state index >= 15 is 0 Å². The highest BCUT2D eigenvalue weighted by molar-refractivity contribution is 7.25. The first-order valence-corrected chi connectivity index (χ1v) is 19.8. The Balaban J connectivity index is 1.08. The Morgan fingerprint density at radius 1 is 0.411 bits per heavy atom. The summed E-state index contributed by atoms with van der Waals surface area (Å²) >= 11 is 1.85. The van der Waals surface area contributed by atoms with Crippen LogP contribution in [-0.4, -0.2) is 4.57 Å². The largest absolute Gasteiger partial charge is 0.456 e. The van der Waals surface area contributed by atoms with Crippen molar-refractivity contribution in [1.82, 2.24) is 4.57 Å². The molecule has 0 unspecified atom stereocenters. The van der Waals surface area contributed by atoms with Gasteiger partial charge in [0.25, 0.3) is 0 Å². The topological polar surface area (TPSA) is 21.3 Å². The third-order valence-corrected chi connectivity index (χ3v) is 12.5. The number of hydrogen-bond donors (Lipinski definition) is 0. The van der Waals surface area contributed by atoms with Crippen LogP contribution in [0.4, 0.5) is 17.1 Å². The van der Waals surface area contributed by atoms with E-state index in [0.29, 0.717) is 0 Å². The number of thiophene rings is 1. The second-order valence-electron chi connectivity index (χ2n) is 14.5. The lowest BCUT2D eigenvalue weighted by Crippen LogP contribution is -2.09. The van der Waals surface area contributed by atoms with Crippen LogP contribution in [0.1, 0.15) is 0 Å². The van der Waals surface area contributed by atoms with Crippen LogP contribution in [0.5, 0.6) is 0 Å². The van der Waals surface area contributed by atoms with E-state index in [4.69, 9.17) is 4.42 Å². The molecule has 0 saturated carbocycles. The highest BCUT2D eigenvalue weighted by Gasteiger charge is 2.23. The third-order valence-electron chi connectivity index (χ3n) is 11.3. The molecule has 0 aliphatic carbocycles. The lowest BCUT2D eigenvalue weighted by molar-refractivity contribution is 0.669. The molecule has 262 valence electrons. The van der Waals surface area contributed by atoms with Gasteiger partial charge in [0.15, 0.2) is 0 Å². The molecule has 4 heteroatoms. The molecule has 56 heavy (non-hydrogen) atoms. The molecule has 0 aliphatic rings. The number of fused-ring (bicyclic) bond motifs is 10. The van der Waals surface area contributed by atoms with E-state index in [9.17, 15) is 0 Å². The predicted molar refractivity (Wildman–Crippen MR) is 239 cm³/mol. The minimum atomic E-state index is 0.884. The SMILES string of the molecule is c1ccc(N(c2ccc(-n3c4ccccc4c4c(-c5ccc6ccccc6c5)c5c(cc43)oc3ccccc35)cc2)c2ccc3c(c2)sc2ccccc23)cc1. The maximum absolute atomic E-state index is 6.68. The van der Waals surface area contributed by atoms with Crippen molar-refractivity contribution in [1.29, 1.82) is 0 Å². The van der Waals surface area contributed by atoms with Crippen molar-refractivity contribution in [2.24, 2.45) is 0 Å². The van der Waals surface area contributed by atoms with E-state index in [1.807, 2.05) is 11.3 Å². The number of aromatic nitrogens is 1. The number of benzene rings is 9. The lowest BCUT2D eigenvalue weighted by atomic mass is 9.93. The fourth-order valence-electron chi connectivity index (χ4n) is 8.87. The molecule has 3 aromatic heterocycles. The molecular formula is C52H32N2OS. The summed E-state index contributed by atoms with van der Waals surface area (Å²) in [4.78, 5) is 2.36. The van der Waals surface area contributed by atoms with Crippen LogP contribution in [0.25, 0.3) is 91.5 Å². The maximum Gasteiger partial charge on any atom is 0.138 e. The van der Waals surface area contributed by atoms with Gasteiger partial charge in [0.05, 0.1) is 11.0 Å². The molecule has 0 spiro atoms. The highest BCUT2D eigenvalue weighted by Crippen LogP contribution is 2.47. The van der Waals surface area contributed by atoms with Crippen molar-refractivity contribution < 1.29 is 4.42 Å². The summed E-state index contributed by atoms with van der Waals surface area (Å²) in [6.45, 7) is 0. The van der Waals surface area contributed by atoms with Gasteiger partial charge in [-0.25, -0.2) is 0 Å². The minimum Gasteiger partial charge on any atom is -0.456 e. The average molecular weight is 733 g/mol. The van der Waals surface area contributed by atoms with E-state index in [1.54, 1.807) is 0 Å². The number of nitrogens with zero attached hydrogens (tertiary/aromatic N) is 2. The molecule has 0 aliphatic heterocycles. The van der Waals surface area contributed by atoms with E-state index in [1.165, 1.54) is 52.8 Å². The molecule has 0 N–H and O–H groups in total. The standard InChI is InChI=1S/C52H32N2OS/c1-2-14-36(15-3-1)53(39-28-29-41-40-16-8-11-21-48(40)56-49(41)31-39)37-24-26-38(27-25-37)54-44-19-9-6-17-42(44)51-45(54)32-47-52(43-18-7-10-20-46(43)55-47)50(51)35-23-22-33-12-4-5-13-34(33)30-35/h1-32H. The van der Waals surface area contributed by atoms with Crippen LogP contribution in [0, 0.1) is 0 Å². The normalized spacial score (nSPS) is 11.9. The molecule has 0 amide bonds. The zero-order chi connectivity index (χ0) is 36.7. The average Bonchev–Trinajstić information content (AvgIpc) is 3.92. The molecule has 0 fully saturated rings. The van der Waals surface area contributed by atoms with Crippen molar-refractivity contribution >= 4 is 103 Å². The van der Waals surface area contributed by atoms with Crippen LogP contribution in [0.3, 0.4) is 0 Å². The van der Waals surface area contributed by atoms with E-state index < -0.39 is 0 Å². The fourth-order valence-corrected chi connectivity index (χ4v) is 10.0. The minimum absolute atomic E-state index is 0.884. The van der Waals surface area contributed by atoms with Crippen LogP contribution in [-0.2, 0) is 0 Å². The van der Waals surface area contributed by atoms with Gasteiger partial charge in [0.1, 0.15) is 11.2 Å². The maximum atomic E-state index is 6.68. The number of para-hydroxylation sites is 3. The Kier molecular flexibility index (Phi) is 6.80. The summed E-state index contributed by atoms with van der Waals surface area (Å²) in [5.74, 6) is 0. The molecule has 12 aromatic rings. The Bertz CT molecular complexity index is 3480. The quantitative estimate of drug-likeness (QED) is 0.176. The monoisotopic (exact) mass is 732 g/mol. The van der Waals surface area contributed by atoms with E-state index in [0.717, 1.165) is 55.7 Å². The lowest BCUT2D eigenvalue weighted by Gasteiger charge is -2.26. The first-order chi connectivity index (χ1) is 27.8. The Morgan fingerprint density at radius 2 is 1.09 bits per heavy atom. The van der Waals surface area contributed by atoms with Crippen molar-refractivity contribution in [3.8, 4) is 16.8 Å². The summed E-state index contributed by atoms with van der Waals surface area (Å²) in [6.07, 6.45) is 0. The second-order valence-corrected chi connectivity index (χ2v) is 15.6. The Morgan fingerprint density at radius 3 is 1.96 bits per heavy atom. The van der Waals surface area contributed by atoms with Crippen molar-refractivity contribution in [3.63, 3.8) is 0 Å². The highest BCUT2D eigenvalue weighted by atomic mass is 32.1. The van der Waals surface area contributed by atoms with Crippen molar-refractivity contribution in [3.05, 3.63) is 194 Å². The number of hydrogen-bond acceptors (Lipinski definition) is 3. The van der Waals surface area contributed by atoms with Crippen LogP contribution >= 0.6 is 11.3 Å². The fraction of sp³-hybridized carbons (Fsp3) is 0. The summed E-state index contributed by atoms with van der Waals surface area (Å²) < 4.78 is 11.7. The predicted octanol–water partition coefficient (Wildman–Crippen LogP) is 15.3. The Labute approximate surface area is 326 Å². The van der Waals surface area contributed by atoms with Gasteiger partial charge in [-0.2, -0.15) is 0 Å². The number of rotatable bonds is 5.